The van der Waals surface area contributed by atoms with Crippen molar-refractivity contribution < 1.29 is 9.90 Å². The van der Waals surface area contributed by atoms with Gasteiger partial charge >= 0.3 is 0 Å². The Kier molecular flexibility index (Phi) is 6.90. The number of aliphatic hydroxyl groups is 1. The van der Waals surface area contributed by atoms with Gasteiger partial charge in [-0.1, -0.05) is 36.4 Å². The Morgan fingerprint density at radius 1 is 1.17 bits per heavy atom. The summed E-state index contributed by atoms with van der Waals surface area (Å²) in [5.41, 5.74) is 1.00. The Morgan fingerprint density at radius 3 is 2.65 bits per heavy atom. The molecule has 0 saturated heterocycles. The third-order valence-electron chi connectivity index (χ3n) is 3.19. The van der Waals surface area contributed by atoms with Crippen molar-refractivity contribution in [1.82, 2.24) is 9.88 Å². The fourth-order valence-electron chi connectivity index (χ4n) is 2.02. The minimum Gasteiger partial charge on any atom is -0.389 e. The molecule has 1 aromatic carbocycles. The van der Waals surface area contributed by atoms with E-state index in [-0.39, 0.29) is 24.6 Å². The Bertz CT molecular complexity index is 673. The first-order chi connectivity index (χ1) is 11.1. The van der Waals surface area contributed by atoms with Crippen LogP contribution in [-0.2, 0) is 17.1 Å². The highest BCUT2D eigenvalue weighted by atomic mass is 32.2. The van der Waals surface area contributed by atoms with E-state index in [1.54, 1.807) is 18.3 Å². The van der Waals surface area contributed by atoms with E-state index < -0.39 is 6.10 Å². The van der Waals surface area contributed by atoms with Gasteiger partial charge in [-0.3, -0.25) is 9.59 Å². The van der Waals surface area contributed by atoms with Crippen molar-refractivity contribution in [2.45, 2.75) is 18.4 Å². The predicted octanol–water partition coefficient (Wildman–Crippen LogP) is 1.26. The van der Waals surface area contributed by atoms with E-state index in [4.69, 9.17) is 0 Å². The Balaban J connectivity index is 1.66. The molecule has 1 atom stereocenters. The lowest BCUT2D eigenvalue weighted by atomic mass is 10.2. The van der Waals surface area contributed by atoms with Gasteiger partial charge in [-0.05, 0) is 11.6 Å². The van der Waals surface area contributed by atoms with Gasteiger partial charge in [-0.2, -0.15) is 0 Å². The monoisotopic (exact) mass is 332 g/mol. The third kappa shape index (κ3) is 6.30. The zero-order valence-corrected chi connectivity index (χ0v) is 13.5. The van der Waals surface area contributed by atoms with Gasteiger partial charge in [0.15, 0.2) is 0 Å². The van der Waals surface area contributed by atoms with Gasteiger partial charge in [0.05, 0.1) is 18.4 Å². The summed E-state index contributed by atoms with van der Waals surface area (Å²) in [5, 5.41) is 12.6. The van der Waals surface area contributed by atoms with Gasteiger partial charge in [0.2, 0.25) is 5.91 Å². The second-order valence-electron chi connectivity index (χ2n) is 5.13. The van der Waals surface area contributed by atoms with Crippen LogP contribution in [-0.4, -0.2) is 34.0 Å². The number of nitrogens with zero attached hydrogens (tertiary/aromatic N) is 1. The highest BCUT2D eigenvalue weighted by molar-refractivity contribution is 7.99. The third-order valence-corrected chi connectivity index (χ3v) is 4.19. The molecule has 0 saturated carbocycles. The van der Waals surface area contributed by atoms with Gasteiger partial charge in [0.25, 0.3) is 5.56 Å². The molecule has 1 unspecified atom stereocenters. The Labute approximate surface area is 139 Å². The zero-order valence-electron chi connectivity index (χ0n) is 12.7. The first-order valence-electron chi connectivity index (χ1n) is 7.37. The summed E-state index contributed by atoms with van der Waals surface area (Å²) < 4.78 is 1.42. The average Bonchev–Trinajstić information content (AvgIpc) is 2.56. The number of aliphatic hydroxyl groups excluding tert-OH is 1. The summed E-state index contributed by atoms with van der Waals surface area (Å²) in [4.78, 5) is 23.3. The Morgan fingerprint density at radius 2 is 1.91 bits per heavy atom. The molecule has 0 spiro atoms. The van der Waals surface area contributed by atoms with Crippen molar-refractivity contribution in [1.29, 1.82) is 0 Å². The molecule has 0 radical (unpaired) electrons. The number of carbonyl (C=O) groups is 1. The van der Waals surface area contributed by atoms with Crippen molar-refractivity contribution in [2.75, 3.05) is 12.3 Å². The van der Waals surface area contributed by atoms with Crippen molar-refractivity contribution in [3.8, 4) is 0 Å². The number of carbonyl (C=O) groups excluding carboxylic acids is 1. The molecule has 1 heterocycles. The number of hydrogen-bond donors (Lipinski definition) is 2. The summed E-state index contributed by atoms with van der Waals surface area (Å²) in [6.45, 7) is 0.295. The highest BCUT2D eigenvalue weighted by Crippen LogP contribution is 2.10. The molecule has 0 aliphatic rings. The van der Waals surface area contributed by atoms with Crippen molar-refractivity contribution in [3.63, 3.8) is 0 Å². The van der Waals surface area contributed by atoms with Gasteiger partial charge in [0.1, 0.15) is 0 Å². The molecule has 122 valence electrons. The smallest absolute Gasteiger partial charge is 0.250 e. The quantitative estimate of drug-likeness (QED) is 0.763. The minimum absolute atomic E-state index is 0.120. The molecule has 2 N–H and O–H groups in total. The van der Waals surface area contributed by atoms with E-state index in [2.05, 4.69) is 5.32 Å². The summed E-state index contributed by atoms with van der Waals surface area (Å²) in [7, 11) is 0. The number of pyridine rings is 1. The molecular formula is C17H20N2O3S. The molecular weight excluding hydrogens is 312 g/mol. The van der Waals surface area contributed by atoms with E-state index in [0.717, 1.165) is 5.75 Å². The van der Waals surface area contributed by atoms with Gasteiger partial charge in [-0.15, -0.1) is 11.8 Å². The van der Waals surface area contributed by atoms with Gasteiger partial charge < -0.3 is 15.0 Å². The SMILES string of the molecule is O=C(CSCc1ccccc1)NCC(O)Cn1ccccc1=O. The number of hydrogen-bond acceptors (Lipinski definition) is 4. The molecule has 2 aromatic rings. The van der Waals surface area contributed by atoms with E-state index >= 15 is 0 Å². The lowest BCUT2D eigenvalue weighted by molar-refractivity contribution is -0.119. The maximum atomic E-state index is 11.7. The lowest BCUT2D eigenvalue weighted by Crippen LogP contribution is -2.37. The summed E-state index contributed by atoms with van der Waals surface area (Å²) >= 11 is 1.52. The highest BCUT2D eigenvalue weighted by Gasteiger charge is 2.08. The number of benzene rings is 1. The van der Waals surface area contributed by atoms with Crippen LogP contribution in [0.3, 0.4) is 0 Å². The van der Waals surface area contributed by atoms with Crippen LogP contribution in [0.15, 0.2) is 59.5 Å². The average molecular weight is 332 g/mol. The maximum Gasteiger partial charge on any atom is 0.250 e. The maximum absolute atomic E-state index is 11.7. The molecule has 0 bridgehead atoms. The standard InChI is InChI=1S/C17H20N2O3S/c20-15(11-19-9-5-4-8-17(19)22)10-18-16(21)13-23-12-14-6-2-1-3-7-14/h1-9,15,20H,10-13H2,(H,18,21). The van der Waals surface area contributed by atoms with E-state index in [9.17, 15) is 14.7 Å². The first-order valence-corrected chi connectivity index (χ1v) is 8.52. The van der Waals surface area contributed by atoms with E-state index in [1.165, 1.54) is 28.0 Å². The summed E-state index contributed by atoms with van der Waals surface area (Å²) in [6.07, 6.45) is 0.821. The van der Waals surface area contributed by atoms with Crippen LogP contribution in [0.2, 0.25) is 0 Å². The van der Waals surface area contributed by atoms with Crippen molar-refractivity contribution in [2.24, 2.45) is 0 Å². The zero-order chi connectivity index (χ0) is 16.5. The van der Waals surface area contributed by atoms with Crippen LogP contribution in [0.25, 0.3) is 0 Å². The van der Waals surface area contributed by atoms with E-state index in [0.29, 0.717) is 5.75 Å². The van der Waals surface area contributed by atoms with Crippen LogP contribution in [0, 0.1) is 0 Å². The number of nitrogens with one attached hydrogen (secondary N) is 1. The number of aromatic nitrogens is 1. The number of rotatable bonds is 8. The molecule has 1 amide bonds. The van der Waals surface area contributed by atoms with Crippen LogP contribution in [0.1, 0.15) is 5.56 Å². The molecule has 0 aliphatic carbocycles. The number of thioether (sulfide) groups is 1. The van der Waals surface area contributed by atoms with Crippen LogP contribution in [0.4, 0.5) is 0 Å². The normalized spacial score (nSPS) is 11.9. The van der Waals surface area contributed by atoms with Gasteiger partial charge in [0, 0.05) is 24.6 Å². The molecule has 2 rings (SSSR count). The van der Waals surface area contributed by atoms with Gasteiger partial charge in [-0.25, -0.2) is 0 Å². The largest absolute Gasteiger partial charge is 0.389 e. The second-order valence-corrected chi connectivity index (χ2v) is 6.11. The molecule has 5 nitrogen and oxygen atoms in total. The predicted molar refractivity (Wildman–Crippen MR) is 92.3 cm³/mol. The first kappa shape index (κ1) is 17.3. The molecule has 0 aliphatic heterocycles. The summed E-state index contributed by atoms with van der Waals surface area (Å²) in [6, 6.07) is 14.8. The lowest BCUT2D eigenvalue weighted by Gasteiger charge is -2.13. The van der Waals surface area contributed by atoms with E-state index in [1.807, 2.05) is 30.3 Å². The molecule has 0 fully saturated rings. The molecule has 23 heavy (non-hydrogen) atoms. The Hall–Kier alpha value is -2.05. The summed E-state index contributed by atoms with van der Waals surface area (Å²) in [5.74, 6) is 0.994. The topological polar surface area (TPSA) is 71.3 Å². The fraction of sp³-hybridized carbons (Fsp3) is 0.294. The van der Waals surface area contributed by atoms with Crippen molar-refractivity contribution in [3.05, 3.63) is 70.6 Å². The minimum atomic E-state index is -0.793. The van der Waals surface area contributed by atoms with Crippen LogP contribution in [0.5, 0.6) is 0 Å². The fourth-order valence-corrected chi connectivity index (χ4v) is 2.84. The second kappa shape index (κ2) is 9.17. The van der Waals surface area contributed by atoms with Crippen LogP contribution < -0.4 is 10.9 Å². The molecule has 6 heteroatoms. The molecule has 1 aromatic heterocycles. The number of amides is 1. The van der Waals surface area contributed by atoms with Crippen molar-refractivity contribution >= 4 is 17.7 Å². The van der Waals surface area contributed by atoms with Crippen LogP contribution >= 0.6 is 11.8 Å².